The van der Waals surface area contributed by atoms with Crippen molar-refractivity contribution in [3.63, 3.8) is 0 Å². The minimum atomic E-state index is -0.372. The lowest BCUT2D eigenvalue weighted by Gasteiger charge is -2.10. The van der Waals surface area contributed by atoms with E-state index in [1.165, 1.54) is 18.9 Å². The Morgan fingerprint density at radius 2 is 2.26 bits per heavy atom. The molecule has 104 valence electrons. The maximum Gasteiger partial charge on any atom is 0.273 e. The van der Waals surface area contributed by atoms with E-state index in [-0.39, 0.29) is 10.6 Å². The second-order valence-electron chi connectivity index (χ2n) is 4.82. The molecule has 6 heteroatoms. The number of rotatable bonds is 7. The minimum Gasteiger partial charge on any atom is -0.382 e. The van der Waals surface area contributed by atoms with Gasteiger partial charge in [-0.3, -0.25) is 10.1 Å². The highest BCUT2D eigenvalue weighted by Crippen LogP contribution is 2.30. The number of ether oxygens (including phenoxy) is 1. The molecule has 1 N–H and O–H groups in total. The van der Waals surface area contributed by atoms with E-state index in [2.05, 4.69) is 21.2 Å². The molecular weight excluding hydrogens is 312 g/mol. The number of hydrogen-bond acceptors (Lipinski definition) is 4. The van der Waals surface area contributed by atoms with Gasteiger partial charge in [-0.15, -0.1) is 0 Å². The number of nitro benzene ring substituents is 1. The first-order valence-corrected chi connectivity index (χ1v) is 7.13. The maximum atomic E-state index is 10.8. The first kappa shape index (κ1) is 14.3. The summed E-state index contributed by atoms with van der Waals surface area (Å²) in [5, 5.41) is 14.0. The quantitative estimate of drug-likeness (QED) is 0.472. The third-order valence-corrected chi connectivity index (χ3v) is 3.75. The molecule has 0 heterocycles. The molecule has 0 unspecified atom stereocenters. The summed E-state index contributed by atoms with van der Waals surface area (Å²) in [7, 11) is 0. The Hall–Kier alpha value is -1.14. The van der Waals surface area contributed by atoms with E-state index in [0.29, 0.717) is 23.2 Å². The number of nitrogens with zero attached hydrogens (tertiary/aromatic N) is 1. The molecule has 2 rings (SSSR count). The zero-order valence-corrected chi connectivity index (χ0v) is 12.4. The molecule has 1 aromatic carbocycles. The lowest BCUT2D eigenvalue weighted by atomic mass is 10.2. The van der Waals surface area contributed by atoms with Crippen LogP contribution in [0.3, 0.4) is 0 Å². The maximum absolute atomic E-state index is 10.8. The van der Waals surface area contributed by atoms with Crippen LogP contribution in [0.1, 0.15) is 18.4 Å². The van der Waals surface area contributed by atoms with Crippen molar-refractivity contribution in [1.82, 2.24) is 0 Å². The summed E-state index contributed by atoms with van der Waals surface area (Å²) in [5.74, 6) is 0.772. The van der Waals surface area contributed by atoms with Crippen LogP contribution in [-0.2, 0) is 4.74 Å². The molecule has 1 aromatic rings. The molecule has 0 bridgehead atoms. The van der Waals surface area contributed by atoms with Gasteiger partial charge in [0.15, 0.2) is 0 Å². The molecule has 0 amide bonds. The smallest absolute Gasteiger partial charge is 0.273 e. The second-order valence-corrected chi connectivity index (χ2v) is 5.68. The third kappa shape index (κ3) is 4.18. The Morgan fingerprint density at radius 3 is 2.89 bits per heavy atom. The summed E-state index contributed by atoms with van der Waals surface area (Å²) in [6, 6.07) is 3.31. The highest BCUT2D eigenvalue weighted by atomic mass is 79.9. The number of anilines is 1. The number of hydrogen-bond donors (Lipinski definition) is 1. The number of nitrogens with one attached hydrogen (secondary N) is 1. The molecule has 5 nitrogen and oxygen atoms in total. The van der Waals surface area contributed by atoms with Crippen LogP contribution in [0.5, 0.6) is 0 Å². The number of nitro groups is 1. The van der Waals surface area contributed by atoms with E-state index in [9.17, 15) is 10.1 Å². The van der Waals surface area contributed by atoms with Crippen molar-refractivity contribution >= 4 is 27.3 Å². The average Bonchev–Trinajstić information content (AvgIpc) is 3.16. The Morgan fingerprint density at radius 1 is 1.53 bits per heavy atom. The van der Waals surface area contributed by atoms with Crippen LogP contribution < -0.4 is 5.32 Å². The van der Waals surface area contributed by atoms with Crippen LogP contribution in [0.15, 0.2) is 16.6 Å². The number of benzene rings is 1. The van der Waals surface area contributed by atoms with Crippen LogP contribution in [0.2, 0.25) is 0 Å². The molecule has 0 spiro atoms. The van der Waals surface area contributed by atoms with Crippen LogP contribution in [0.4, 0.5) is 11.4 Å². The largest absolute Gasteiger partial charge is 0.382 e. The highest BCUT2D eigenvalue weighted by Gasteiger charge is 2.20. The van der Waals surface area contributed by atoms with Crippen molar-refractivity contribution < 1.29 is 9.66 Å². The van der Waals surface area contributed by atoms with Crippen molar-refractivity contribution in [3.8, 4) is 0 Å². The molecule has 0 aromatic heterocycles. The van der Waals surface area contributed by atoms with Crippen molar-refractivity contribution in [3.05, 3.63) is 32.3 Å². The fourth-order valence-corrected chi connectivity index (χ4v) is 2.27. The van der Waals surface area contributed by atoms with Crippen LogP contribution in [-0.4, -0.2) is 24.7 Å². The molecule has 19 heavy (non-hydrogen) atoms. The predicted octanol–water partition coefficient (Wildman–Crippen LogP) is 3.50. The fraction of sp³-hybridized carbons (Fsp3) is 0.538. The number of aryl methyl sites for hydroxylation is 1. The average molecular weight is 329 g/mol. The summed E-state index contributed by atoms with van der Waals surface area (Å²) < 4.78 is 6.23. The van der Waals surface area contributed by atoms with E-state index in [1.54, 1.807) is 13.0 Å². The summed E-state index contributed by atoms with van der Waals surface area (Å²) in [6.45, 7) is 3.93. The lowest BCUT2D eigenvalue weighted by Crippen LogP contribution is -2.11. The third-order valence-electron chi connectivity index (χ3n) is 3.09. The van der Waals surface area contributed by atoms with Gasteiger partial charge in [0.05, 0.1) is 11.5 Å². The van der Waals surface area contributed by atoms with Crippen LogP contribution in [0, 0.1) is 23.0 Å². The molecule has 1 aliphatic carbocycles. The second kappa shape index (κ2) is 6.34. The van der Waals surface area contributed by atoms with Gasteiger partial charge in [-0.05, 0) is 47.7 Å². The van der Waals surface area contributed by atoms with E-state index in [4.69, 9.17) is 4.74 Å². The molecule has 1 saturated carbocycles. The number of halogens is 1. The van der Waals surface area contributed by atoms with E-state index < -0.39 is 0 Å². The SMILES string of the molecule is Cc1cc(NCCOCC2CC2)c(Br)cc1[N+](=O)[O-]. The Balaban J connectivity index is 1.85. The van der Waals surface area contributed by atoms with Gasteiger partial charge in [-0.25, -0.2) is 0 Å². The van der Waals surface area contributed by atoms with E-state index >= 15 is 0 Å². The summed E-state index contributed by atoms with van der Waals surface area (Å²) >= 11 is 3.34. The minimum absolute atomic E-state index is 0.127. The fourth-order valence-electron chi connectivity index (χ4n) is 1.80. The Labute approximate surface area is 120 Å². The Kier molecular flexibility index (Phi) is 4.76. The zero-order valence-electron chi connectivity index (χ0n) is 10.8. The van der Waals surface area contributed by atoms with Crippen molar-refractivity contribution in [2.24, 2.45) is 5.92 Å². The molecule has 0 atom stereocenters. The van der Waals surface area contributed by atoms with Crippen LogP contribution in [0.25, 0.3) is 0 Å². The normalized spacial score (nSPS) is 14.4. The zero-order chi connectivity index (χ0) is 13.8. The highest BCUT2D eigenvalue weighted by molar-refractivity contribution is 9.10. The lowest BCUT2D eigenvalue weighted by molar-refractivity contribution is -0.385. The Bertz CT molecular complexity index is 475. The topological polar surface area (TPSA) is 64.4 Å². The van der Waals surface area contributed by atoms with Crippen molar-refractivity contribution in [2.75, 3.05) is 25.1 Å². The molecule has 1 fully saturated rings. The van der Waals surface area contributed by atoms with Gasteiger partial charge in [-0.2, -0.15) is 0 Å². The summed E-state index contributed by atoms with van der Waals surface area (Å²) in [4.78, 5) is 10.4. The molecule has 0 saturated heterocycles. The van der Waals surface area contributed by atoms with Crippen molar-refractivity contribution in [2.45, 2.75) is 19.8 Å². The van der Waals surface area contributed by atoms with Crippen LogP contribution >= 0.6 is 15.9 Å². The molecule has 0 radical (unpaired) electrons. The summed E-state index contributed by atoms with van der Waals surface area (Å²) in [6.07, 6.45) is 2.58. The first-order chi connectivity index (χ1) is 9.08. The van der Waals surface area contributed by atoms with Crippen molar-refractivity contribution in [1.29, 1.82) is 0 Å². The van der Waals surface area contributed by atoms with Gasteiger partial charge >= 0.3 is 0 Å². The predicted molar refractivity (Wildman–Crippen MR) is 77.6 cm³/mol. The van der Waals surface area contributed by atoms with Gasteiger partial charge in [0, 0.05) is 34.9 Å². The van der Waals surface area contributed by atoms with Gasteiger partial charge in [0.1, 0.15) is 0 Å². The molecule has 0 aliphatic heterocycles. The van der Waals surface area contributed by atoms with E-state index in [1.807, 2.05) is 0 Å². The van der Waals surface area contributed by atoms with Gasteiger partial charge in [0.2, 0.25) is 0 Å². The standard InChI is InChI=1S/C13H17BrN2O3/c1-9-6-12(11(14)7-13(9)16(17)18)15-4-5-19-8-10-2-3-10/h6-7,10,15H,2-5,8H2,1H3. The van der Waals surface area contributed by atoms with E-state index in [0.717, 1.165) is 18.2 Å². The first-order valence-electron chi connectivity index (χ1n) is 6.34. The monoisotopic (exact) mass is 328 g/mol. The van der Waals surface area contributed by atoms with Gasteiger partial charge < -0.3 is 10.1 Å². The molecule has 1 aliphatic rings. The summed E-state index contributed by atoms with van der Waals surface area (Å²) in [5.41, 5.74) is 1.63. The van der Waals surface area contributed by atoms with Gasteiger partial charge in [-0.1, -0.05) is 0 Å². The molecular formula is C13H17BrN2O3. The van der Waals surface area contributed by atoms with Gasteiger partial charge in [0.25, 0.3) is 5.69 Å².